The monoisotopic (exact) mass is 458 g/mol. The summed E-state index contributed by atoms with van der Waals surface area (Å²) in [7, 11) is 1.42. The molecule has 5 unspecified atom stereocenters. The van der Waals surface area contributed by atoms with E-state index in [9.17, 15) is 19.8 Å². The zero-order chi connectivity index (χ0) is 23.4. The molecule has 2 N–H and O–H groups in total. The highest BCUT2D eigenvalue weighted by atomic mass is 16.6. The average molecular weight is 459 g/mol. The van der Waals surface area contributed by atoms with E-state index in [1.54, 1.807) is 6.07 Å². The molecular weight excluding hydrogens is 424 g/mol. The molecule has 33 heavy (non-hydrogen) atoms. The second kappa shape index (κ2) is 6.70. The Hall–Kier alpha value is -1.70. The lowest BCUT2D eigenvalue weighted by atomic mass is 9.42. The van der Waals surface area contributed by atoms with E-state index in [2.05, 4.69) is 13.8 Å². The van der Waals surface area contributed by atoms with Crippen LogP contribution in [-0.2, 0) is 14.3 Å². The van der Waals surface area contributed by atoms with E-state index < -0.39 is 28.8 Å². The first-order chi connectivity index (χ1) is 15.6. The number of hydrogen-bond acceptors (Lipinski definition) is 7. The van der Waals surface area contributed by atoms with Gasteiger partial charge in [0, 0.05) is 23.8 Å². The van der Waals surface area contributed by atoms with Gasteiger partial charge in [0.15, 0.2) is 0 Å². The van der Waals surface area contributed by atoms with Crippen molar-refractivity contribution >= 4 is 5.97 Å². The molecule has 5 aliphatic rings. The first-order valence-corrected chi connectivity index (χ1v) is 12.4. The van der Waals surface area contributed by atoms with E-state index >= 15 is 0 Å². The highest BCUT2D eigenvalue weighted by Crippen LogP contribution is 2.79. The van der Waals surface area contributed by atoms with Crippen molar-refractivity contribution in [1.29, 1.82) is 0 Å². The molecule has 4 aliphatic carbocycles. The topological polar surface area (TPSA) is 110 Å². The van der Waals surface area contributed by atoms with Gasteiger partial charge in [0.05, 0.1) is 31.0 Å². The summed E-state index contributed by atoms with van der Waals surface area (Å²) in [5.74, 6) is -0.383. The molecule has 4 saturated carbocycles. The second-order valence-electron chi connectivity index (χ2n) is 11.8. The van der Waals surface area contributed by atoms with Crippen molar-refractivity contribution in [2.45, 2.75) is 88.1 Å². The quantitative estimate of drug-likeness (QED) is 0.518. The van der Waals surface area contributed by atoms with Crippen molar-refractivity contribution < 1.29 is 28.9 Å². The minimum absolute atomic E-state index is 0.157. The highest BCUT2D eigenvalue weighted by Gasteiger charge is 2.85. The minimum Gasteiger partial charge on any atom is -0.469 e. The maximum Gasteiger partial charge on any atom is 0.335 e. The van der Waals surface area contributed by atoms with Gasteiger partial charge in [-0.1, -0.05) is 13.8 Å². The Morgan fingerprint density at radius 1 is 1.09 bits per heavy atom. The van der Waals surface area contributed by atoms with Crippen LogP contribution in [0.1, 0.15) is 70.3 Å². The number of methoxy groups -OCH3 is 1. The molecule has 1 aromatic rings. The Kier molecular flexibility index (Phi) is 4.43. The van der Waals surface area contributed by atoms with Crippen molar-refractivity contribution in [3.63, 3.8) is 0 Å². The van der Waals surface area contributed by atoms with Gasteiger partial charge >= 0.3 is 11.6 Å². The van der Waals surface area contributed by atoms with E-state index in [1.807, 2.05) is 0 Å². The molecule has 0 aromatic carbocycles. The molecular formula is C26H34O7. The summed E-state index contributed by atoms with van der Waals surface area (Å²) in [4.78, 5) is 24.7. The summed E-state index contributed by atoms with van der Waals surface area (Å²) in [6.45, 7) is 4.44. The molecule has 7 heteroatoms. The smallest absolute Gasteiger partial charge is 0.335 e. The fourth-order valence-electron chi connectivity index (χ4n) is 9.25. The number of hydrogen-bond donors (Lipinski definition) is 2. The van der Waals surface area contributed by atoms with Crippen LogP contribution >= 0.6 is 0 Å². The van der Waals surface area contributed by atoms with Gasteiger partial charge in [0.25, 0.3) is 0 Å². The summed E-state index contributed by atoms with van der Waals surface area (Å²) in [5.41, 5.74) is -1.45. The van der Waals surface area contributed by atoms with Crippen LogP contribution in [0.25, 0.3) is 0 Å². The van der Waals surface area contributed by atoms with Crippen LogP contribution in [0, 0.1) is 28.6 Å². The number of aliphatic hydroxyl groups excluding tert-OH is 1. The molecule has 1 aliphatic heterocycles. The zero-order valence-electron chi connectivity index (χ0n) is 19.6. The molecule has 5 fully saturated rings. The molecule has 0 amide bonds. The van der Waals surface area contributed by atoms with Gasteiger partial charge in [-0.3, -0.25) is 4.79 Å². The Balaban J connectivity index is 1.44. The van der Waals surface area contributed by atoms with Crippen molar-refractivity contribution in [1.82, 2.24) is 0 Å². The molecule has 1 aromatic heterocycles. The number of epoxide rings is 1. The molecule has 6 rings (SSSR count). The normalized spacial score (nSPS) is 52.2. The Morgan fingerprint density at radius 3 is 2.52 bits per heavy atom. The summed E-state index contributed by atoms with van der Waals surface area (Å²) < 4.78 is 17.0. The van der Waals surface area contributed by atoms with Crippen molar-refractivity contribution in [2.75, 3.05) is 7.11 Å². The molecule has 7 nitrogen and oxygen atoms in total. The van der Waals surface area contributed by atoms with Crippen LogP contribution < -0.4 is 5.63 Å². The van der Waals surface area contributed by atoms with E-state index in [1.165, 1.54) is 19.4 Å². The van der Waals surface area contributed by atoms with Crippen LogP contribution in [0.15, 0.2) is 27.6 Å². The van der Waals surface area contributed by atoms with E-state index in [-0.39, 0.29) is 40.7 Å². The average Bonchev–Trinajstić information content (AvgIpc) is 3.47. The number of carbonyl (C=O) groups is 1. The molecule has 2 heterocycles. The van der Waals surface area contributed by atoms with Gasteiger partial charge in [-0.15, -0.1) is 0 Å². The lowest BCUT2D eigenvalue weighted by molar-refractivity contribution is -0.223. The van der Waals surface area contributed by atoms with Gasteiger partial charge in [-0.25, -0.2) is 4.79 Å². The lowest BCUT2D eigenvalue weighted by Crippen LogP contribution is -2.65. The minimum atomic E-state index is -0.858. The van der Waals surface area contributed by atoms with E-state index in [4.69, 9.17) is 13.9 Å². The third-order valence-corrected chi connectivity index (χ3v) is 10.8. The largest absolute Gasteiger partial charge is 0.469 e. The summed E-state index contributed by atoms with van der Waals surface area (Å²) in [6, 6.07) is 3.21. The molecule has 0 bridgehead atoms. The Bertz CT molecular complexity index is 1030. The summed E-state index contributed by atoms with van der Waals surface area (Å²) in [6.07, 6.45) is 6.05. The predicted molar refractivity (Wildman–Crippen MR) is 117 cm³/mol. The van der Waals surface area contributed by atoms with Crippen molar-refractivity contribution in [2.24, 2.45) is 28.6 Å². The number of ether oxygens (including phenoxy) is 2. The van der Waals surface area contributed by atoms with E-state index in [0.29, 0.717) is 19.3 Å². The molecule has 1 saturated heterocycles. The fraction of sp³-hybridized carbons (Fsp3) is 0.769. The van der Waals surface area contributed by atoms with Gasteiger partial charge < -0.3 is 24.1 Å². The SMILES string of the molecule is COC(=O)[C@H]1C2OC23C2CC[C@]4(O)C[C@@H](O)CC[C@]4(C)C2CC[C@]3(C)C1c1ccc(=O)oc1. The van der Waals surface area contributed by atoms with Gasteiger partial charge in [0.2, 0.25) is 0 Å². The van der Waals surface area contributed by atoms with Gasteiger partial charge in [-0.05, 0) is 67.4 Å². The fourth-order valence-corrected chi connectivity index (χ4v) is 9.25. The Morgan fingerprint density at radius 2 is 1.82 bits per heavy atom. The molecule has 180 valence electrons. The number of carbonyl (C=O) groups excluding carboxylic acids is 1. The van der Waals surface area contributed by atoms with Crippen molar-refractivity contribution in [3.05, 3.63) is 34.4 Å². The first kappa shape index (κ1) is 21.8. The summed E-state index contributed by atoms with van der Waals surface area (Å²) >= 11 is 0. The third-order valence-electron chi connectivity index (χ3n) is 10.8. The number of aliphatic hydroxyl groups is 2. The van der Waals surface area contributed by atoms with Crippen LogP contribution in [0.4, 0.5) is 0 Å². The predicted octanol–water partition coefficient (Wildman–Crippen LogP) is 2.77. The zero-order valence-corrected chi connectivity index (χ0v) is 19.6. The molecule has 0 radical (unpaired) electrons. The van der Waals surface area contributed by atoms with Gasteiger partial charge in [0.1, 0.15) is 11.7 Å². The number of esters is 1. The van der Waals surface area contributed by atoms with Crippen molar-refractivity contribution in [3.8, 4) is 0 Å². The van der Waals surface area contributed by atoms with Crippen LogP contribution in [0.5, 0.6) is 0 Å². The van der Waals surface area contributed by atoms with Crippen LogP contribution in [0.2, 0.25) is 0 Å². The summed E-state index contributed by atoms with van der Waals surface area (Å²) in [5, 5.41) is 22.0. The number of fused-ring (bicyclic) bond motifs is 3. The van der Waals surface area contributed by atoms with Gasteiger partial charge in [-0.2, -0.15) is 0 Å². The maximum atomic E-state index is 13.1. The van der Waals surface area contributed by atoms with Crippen LogP contribution in [0.3, 0.4) is 0 Å². The Labute approximate surface area is 193 Å². The van der Waals surface area contributed by atoms with Crippen LogP contribution in [-0.4, -0.2) is 46.7 Å². The maximum absolute atomic E-state index is 13.1. The van der Waals surface area contributed by atoms with E-state index in [0.717, 1.165) is 31.2 Å². The first-order valence-electron chi connectivity index (χ1n) is 12.4. The standard InChI is InChI=1S/C26H34O7/c1-23-9-6-15(27)12-25(23,30)11-8-17-16(23)7-10-24(2)20(14-4-5-18(28)32-13-14)19(22(29)31-3)21-26(17,24)33-21/h4-5,13,15-17,19-21,27,30H,6-12H2,1-3H3/t15-,16?,17?,19+,20?,21?,23+,24+,25-,26?/m0/s1. The highest BCUT2D eigenvalue weighted by molar-refractivity contribution is 5.77. The molecule has 1 spiro atoms. The second-order valence-corrected chi connectivity index (χ2v) is 11.8. The third kappa shape index (κ3) is 2.51. The molecule has 10 atom stereocenters. The number of rotatable bonds is 2. The lowest BCUT2D eigenvalue weighted by Gasteiger charge is -2.64.